The molecule has 0 radical (unpaired) electrons. The number of likely N-dealkylation sites (N-methyl/N-ethyl adjacent to an activating group) is 1. The van der Waals surface area contributed by atoms with Crippen LogP contribution in [-0.2, 0) is 9.59 Å². The van der Waals surface area contributed by atoms with Gasteiger partial charge in [0.25, 0.3) is 5.69 Å². The van der Waals surface area contributed by atoms with Gasteiger partial charge in [-0.25, -0.2) is 0 Å². The van der Waals surface area contributed by atoms with Crippen LogP contribution in [0.3, 0.4) is 0 Å². The van der Waals surface area contributed by atoms with Crippen molar-refractivity contribution in [1.82, 2.24) is 5.32 Å². The lowest BCUT2D eigenvalue weighted by Crippen LogP contribution is -2.36. The second-order valence-electron chi connectivity index (χ2n) is 4.74. The number of hydrogen-bond acceptors (Lipinski definition) is 7. The molecule has 24 heavy (non-hydrogen) atoms. The highest BCUT2D eigenvalue weighted by Crippen LogP contribution is 2.26. The van der Waals surface area contributed by atoms with Gasteiger partial charge in [-0.1, -0.05) is 33.7 Å². The van der Waals surface area contributed by atoms with Crippen molar-refractivity contribution in [3.63, 3.8) is 0 Å². The number of carbonyl (C=O) groups is 2. The number of nitrogens with one attached hydrogen (secondary N) is 1. The summed E-state index contributed by atoms with van der Waals surface area (Å²) < 4.78 is 0. The number of carboxylic acid groups (broad SMARTS) is 1. The van der Waals surface area contributed by atoms with Crippen molar-refractivity contribution in [1.29, 1.82) is 0 Å². The fourth-order valence-corrected chi connectivity index (χ4v) is 3.66. The average molecular weight is 373 g/mol. The van der Waals surface area contributed by atoms with Gasteiger partial charge in [0.2, 0.25) is 5.91 Å². The minimum atomic E-state index is -0.825. The molecule has 0 atom stereocenters. The molecule has 0 aliphatic carbocycles. The van der Waals surface area contributed by atoms with Crippen LogP contribution in [0.15, 0.2) is 24.3 Å². The second kappa shape index (κ2) is 10.8. The molecule has 8 nitrogen and oxygen atoms in total. The van der Waals surface area contributed by atoms with Gasteiger partial charge in [0.05, 0.1) is 17.9 Å². The maximum absolute atomic E-state index is 11.9. The molecule has 0 aliphatic rings. The zero-order valence-corrected chi connectivity index (χ0v) is 14.8. The smallest absolute Gasteiger partial charge is 0.304 e. The van der Waals surface area contributed by atoms with E-state index in [-0.39, 0.29) is 24.6 Å². The predicted molar refractivity (Wildman–Crippen MR) is 96.5 cm³/mol. The van der Waals surface area contributed by atoms with E-state index >= 15 is 0 Å². The molecule has 2 N–H and O–H groups in total. The van der Waals surface area contributed by atoms with E-state index in [1.807, 2.05) is 0 Å². The Morgan fingerprint density at radius 3 is 2.62 bits per heavy atom. The number of para-hydroxylation sites is 2. The largest absolute Gasteiger partial charge is 0.481 e. The lowest BCUT2D eigenvalue weighted by atomic mass is 10.2. The Balaban J connectivity index is 2.30. The molecule has 0 spiro atoms. The molecule has 1 aromatic carbocycles. The van der Waals surface area contributed by atoms with Crippen molar-refractivity contribution in [3.05, 3.63) is 34.4 Å². The number of hydrogen-bond donors (Lipinski definition) is 2. The van der Waals surface area contributed by atoms with Crippen LogP contribution in [0.1, 0.15) is 6.42 Å². The Hall–Kier alpha value is -1.94. The number of carbonyl (C=O) groups excluding carboxylic acids is 1. The van der Waals surface area contributed by atoms with Gasteiger partial charge in [-0.15, -0.1) is 0 Å². The monoisotopic (exact) mass is 373 g/mol. The third-order valence-electron chi connectivity index (χ3n) is 2.86. The zero-order chi connectivity index (χ0) is 17.9. The maximum Gasteiger partial charge on any atom is 0.304 e. The van der Waals surface area contributed by atoms with Crippen LogP contribution in [-0.4, -0.2) is 53.5 Å². The number of carboxylic acids is 1. The number of aliphatic carboxylic acids is 1. The van der Waals surface area contributed by atoms with Crippen LogP contribution in [0.2, 0.25) is 0 Å². The lowest BCUT2D eigenvalue weighted by molar-refractivity contribution is -0.384. The summed E-state index contributed by atoms with van der Waals surface area (Å²) in [5, 5.41) is 22.2. The topological polar surface area (TPSA) is 113 Å². The van der Waals surface area contributed by atoms with Crippen LogP contribution in [0.5, 0.6) is 0 Å². The fraction of sp³-hybridized carbons (Fsp3) is 0.429. The van der Waals surface area contributed by atoms with Crippen molar-refractivity contribution >= 4 is 44.8 Å². The van der Waals surface area contributed by atoms with Gasteiger partial charge in [0.15, 0.2) is 0 Å². The van der Waals surface area contributed by atoms with E-state index in [2.05, 4.69) is 5.32 Å². The van der Waals surface area contributed by atoms with E-state index < -0.39 is 10.9 Å². The van der Waals surface area contributed by atoms with Gasteiger partial charge in [-0.2, -0.15) is 0 Å². The van der Waals surface area contributed by atoms with Crippen molar-refractivity contribution in [2.45, 2.75) is 6.42 Å². The molecule has 0 heterocycles. The van der Waals surface area contributed by atoms with E-state index in [1.165, 1.54) is 32.6 Å². The number of amides is 1. The summed E-state index contributed by atoms with van der Waals surface area (Å²) in [6.45, 7) is 0.468. The Labute approximate surface area is 147 Å². The summed E-state index contributed by atoms with van der Waals surface area (Å²) >= 11 is 0. The summed E-state index contributed by atoms with van der Waals surface area (Å²) in [5.74, 6) is 0.126. The van der Waals surface area contributed by atoms with Crippen molar-refractivity contribution in [3.8, 4) is 0 Å². The molecule has 0 saturated heterocycles. The van der Waals surface area contributed by atoms with Crippen LogP contribution in [0.4, 0.5) is 11.4 Å². The molecule has 132 valence electrons. The molecule has 0 bridgehead atoms. The first-order valence-corrected chi connectivity index (χ1v) is 9.58. The minimum Gasteiger partial charge on any atom is -0.481 e. The van der Waals surface area contributed by atoms with Gasteiger partial charge < -0.3 is 15.3 Å². The third-order valence-corrected chi connectivity index (χ3v) is 5.27. The second-order valence-corrected chi connectivity index (χ2v) is 7.44. The molecule has 0 aromatic heterocycles. The lowest BCUT2D eigenvalue weighted by Gasteiger charge is -2.18. The van der Waals surface area contributed by atoms with E-state index in [0.29, 0.717) is 23.7 Å². The number of nitrogens with zero attached hydrogens (tertiary/aromatic N) is 2. The Morgan fingerprint density at radius 2 is 1.96 bits per heavy atom. The van der Waals surface area contributed by atoms with Crippen LogP contribution in [0, 0.1) is 10.1 Å². The van der Waals surface area contributed by atoms with E-state index in [0.717, 1.165) is 0 Å². The molecule has 0 unspecified atom stereocenters. The summed E-state index contributed by atoms with van der Waals surface area (Å²) in [5.41, 5.74) is 0.342. The number of nitro benzene ring substituents is 1. The van der Waals surface area contributed by atoms with E-state index in [9.17, 15) is 19.7 Å². The van der Waals surface area contributed by atoms with E-state index in [4.69, 9.17) is 5.11 Å². The predicted octanol–water partition coefficient (Wildman–Crippen LogP) is 2.00. The number of nitro groups is 1. The normalized spacial score (nSPS) is 10.2. The first kappa shape index (κ1) is 20.1. The molecule has 1 aromatic rings. The Bertz CT molecular complexity index is 585. The SMILES string of the molecule is CN(CC(=O)NCCSSCCC(=O)O)c1ccccc1[N+](=O)[O-]. The van der Waals surface area contributed by atoms with Gasteiger partial charge in [-0.05, 0) is 6.07 Å². The zero-order valence-electron chi connectivity index (χ0n) is 13.1. The minimum absolute atomic E-state index is 0.0156. The molecule has 1 rings (SSSR count). The summed E-state index contributed by atoms with van der Waals surface area (Å²) in [6.07, 6.45) is 0.116. The Kier molecular flexibility index (Phi) is 9.02. The highest BCUT2D eigenvalue weighted by molar-refractivity contribution is 8.76. The Morgan fingerprint density at radius 1 is 1.29 bits per heavy atom. The summed E-state index contributed by atoms with van der Waals surface area (Å²) in [7, 11) is 4.57. The standard InChI is InChI=1S/C14H19N3O5S2/c1-16(11-4-2-3-5-12(11)17(21)22)10-13(18)15-7-9-24-23-8-6-14(19)20/h2-5H,6-10H2,1H3,(H,15,18)(H,19,20). The quantitative estimate of drug-likeness (QED) is 0.262. The first-order valence-electron chi connectivity index (χ1n) is 7.09. The molecular weight excluding hydrogens is 354 g/mol. The molecule has 1 amide bonds. The third kappa shape index (κ3) is 7.55. The molecular formula is C14H19N3O5S2. The van der Waals surface area contributed by atoms with Crippen molar-refractivity contribution in [2.24, 2.45) is 0 Å². The molecule has 0 saturated carbocycles. The van der Waals surface area contributed by atoms with E-state index in [1.54, 1.807) is 25.2 Å². The van der Waals surface area contributed by atoms with Crippen molar-refractivity contribution in [2.75, 3.05) is 36.5 Å². The van der Waals surface area contributed by atoms with Gasteiger partial charge in [0.1, 0.15) is 5.69 Å². The van der Waals surface area contributed by atoms with Gasteiger partial charge in [0, 0.05) is 31.2 Å². The van der Waals surface area contributed by atoms with Crippen LogP contribution < -0.4 is 10.2 Å². The molecule has 0 fully saturated rings. The summed E-state index contributed by atoms with van der Waals surface area (Å²) in [6, 6.07) is 6.26. The highest BCUT2D eigenvalue weighted by atomic mass is 33.1. The van der Waals surface area contributed by atoms with Crippen LogP contribution >= 0.6 is 21.6 Å². The highest BCUT2D eigenvalue weighted by Gasteiger charge is 2.17. The van der Waals surface area contributed by atoms with Crippen molar-refractivity contribution < 1.29 is 19.6 Å². The maximum atomic E-state index is 11.9. The van der Waals surface area contributed by atoms with Gasteiger partial charge in [-0.3, -0.25) is 19.7 Å². The molecule has 10 heteroatoms. The number of benzene rings is 1. The number of rotatable bonds is 11. The fourth-order valence-electron chi connectivity index (χ4n) is 1.78. The van der Waals surface area contributed by atoms with Gasteiger partial charge >= 0.3 is 5.97 Å². The average Bonchev–Trinajstić information content (AvgIpc) is 2.53. The van der Waals surface area contributed by atoms with Crippen LogP contribution in [0.25, 0.3) is 0 Å². The number of anilines is 1. The first-order chi connectivity index (χ1) is 11.4. The summed E-state index contributed by atoms with van der Waals surface area (Å²) in [4.78, 5) is 34.2. The molecule has 0 aliphatic heterocycles.